The van der Waals surface area contributed by atoms with Crippen molar-refractivity contribution in [1.29, 1.82) is 0 Å². The van der Waals surface area contributed by atoms with Crippen LogP contribution in [0.5, 0.6) is 5.75 Å². The molecule has 1 N–H and O–H groups in total. The van der Waals surface area contributed by atoms with Gasteiger partial charge >= 0.3 is 6.09 Å². The van der Waals surface area contributed by atoms with Crippen molar-refractivity contribution < 1.29 is 19.1 Å². The average Bonchev–Trinajstić information content (AvgIpc) is 3.41. The van der Waals surface area contributed by atoms with E-state index >= 15 is 0 Å². The van der Waals surface area contributed by atoms with Crippen molar-refractivity contribution in [3.63, 3.8) is 0 Å². The highest BCUT2D eigenvalue weighted by Gasteiger charge is 2.43. The predicted molar refractivity (Wildman–Crippen MR) is 161 cm³/mol. The Kier molecular flexibility index (Phi) is 7.97. The number of amides is 2. The smallest absolute Gasteiger partial charge is 0.410 e. The number of fused-ring (bicyclic) bond motifs is 1. The summed E-state index contributed by atoms with van der Waals surface area (Å²) in [6.07, 6.45) is 4.25. The van der Waals surface area contributed by atoms with E-state index in [1.54, 1.807) is 18.2 Å². The lowest BCUT2D eigenvalue weighted by molar-refractivity contribution is -0.122. The Labute approximate surface area is 241 Å². The monoisotopic (exact) mass is 551 g/mol. The average molecular weight is 552 g/mol. The minimum Gasteiger partial charge on any atom is -0.497 e. The Bertz CT molecular complexity index is 1550. The van der Waals surface area contributed by atoms with Gasteiger partial charge in [-0.25, -0.2) is 4.79 Å². The first-order chi connectivity index (χ1) is 19.7. The van der Waals surface area contributed by atoms with Crippen molar-refractivity contribution in [2.24, 2.45) is 0 Å². The SMILES string of the molecule is COc1cccc(-c2ccc(CNC(=O)CC3(c4ccccc4)CCN(C(=O)OC(C)(C)C)C3)c3cnccc23)c1. The Morgan fingerprint density at radius 2 is 1.80 bits per heavy atom. The minimum atomic E-state index is -0.577. The van der Waals surface area contributed by atoms with Gasteiger partial charge in [0.05, 0.1) is 7.11 Å². The van der Waals surface area contributed by atoms with Gasteiger partial charge in [-0.15, -0.1) is 0 Å². The number of hydrogen-bond donors (Lipinski definition) is 1. The Balaban J connectivity index is 1.35. The molecular formula is C34H37N3O4. The number of pyridine rings is 1. The van der Waals surface area contributed by atoms with Crippen LogP contribution in [-0.4, -0.2) is 47.7 Å². The van der Waals surface area contributed by atoms with Gasteiger partial charge in [-0.2, -0.15) is 0 Å². The minimum absolute atomic E-state index is 0.0613. The van der Waals surface area contributed by atoms with Gasteiger partial charge in [-0.3, -0.25) is 9.78 Å². The lowest BCUT2D eigenvalue weighted by Gasteiger charge is -2.30. The van der Waals surface area contributed by atoms with Gasteiger partial charge in [0.2, 0.25) is 5.91 Å². The van der Waals surface area contributed by atoms with E-state index in [-0.39, 0.29) is 18.4 Å². The van der Waals surface area contributed by atoms with E-state index in [9.17, 15) is 9.59 Å². The van der Waals surface area contributed by atoms with Gasteiger partial charge in [-0.1, -0.05) is 54.6 Å². The first-order valence-electron chi connectivity index (χ1n) is 14.0. The molecule has 2 heterocycles. The fourth-order valence-corrected chi connectivity index (χ4v) is 5.64. The first-order valence-corrected chi connectivity index (χ1v) is 14.0. The van der Waals surface area contributed by atoms with Crippen LogP contribution >= 0.6 is 0 Å². The number of hydrogen-bond acceptors (Lipinski definition) is 5. The Hall–Kier alpha value is -4.39. The van der Waals surface area contributed by atoms with Crippen LogP contribution in [0.3, 0.4) is 0 Å². The molecule has 1 aliphatic heterocycles. The van der Waals surface area contributed by atoms with Crippen LogP contribution < -0.4 is 10.1 Å². The molecule has 0 saturated carbocycles. The number of benzene rings is 3. The number of carbonyl (C=O) groups is 2. The van der Waals surface area contributed by atoms with Gasteiger partial charge in [0.25, 0.3) is 0 Å². The molecular weight excluding hydrogens is 514 g/mol. The van der Waals surface area contributed by atoms with E-state index in [1.807, 2.05) is 87.6 Å². The molecule has 0 aliphatic carbocycles. The number of methoxy groups -OCH3 is 1. The van der Waals surface area contributed by atoms with E-state index in [4.69, 9.17) is 9.47 Å². The van der Waals surface area contributed by atoms with Crippen LogP contribution in [0.25, 0.3) is 21.9 Å². The molecule has 7 nitrogen and oxygen atoms in total. The predicted octanol–water partition coefficient (Wildman–Crippen LogP) is 6.50. The summed E-state index contributed by atoms with van der Waals surface area (Å²) in [4.78, 5) is 32.4. The number of carbonyl (C=O) groups excluding carboxylic acids is 2. The van der Waals surface area contributed by atoms with E-state index in [1.165, 1.54) is 0 Å². The fourth-order valence-electron chi connectivity index (χ4n) is 5.64. The standard InChI is InChI=1S/C34H37N3O4/c1-33(2,3)41-32(39)37-18-16-34(23-37,26-10-6-5-7-11-26)20-31(38)36-21-25-13-14-28(29-15-17-35-22-30(25)29)24-9-8-12-27(19-24)40-4/h5-15,17,19,22H,16,18,20-21,23H2,1-4H3,(H,36,38). The van der Waals surface area contributed by atoms with Gasteiger partial charge in [0.1, 0.15) is 11.4 Å². The van der Waals surface area contributed by atoms with E-state index in [0.29, 0.717) is 26.1 Å². The maximum Gasteiger partial charge on any atom is 0.410 e. The molecule has 41 heavy (non-hydrogen) atoms. The number of rotatable bonds is 7. The molecule has 1 atom stereocenters. The van der Waals surface area contributed by atoms with Gasteiger partial charge in [-0.05, 0) is 73.0 Å². The zero-order chi connectivity index (χ0) is 29.0. The second kappa shape index (κ2) is 11.6. The highest BCUT2D eigenvalue weighted by Crippen LogP contribution is 2.38. The molecule has 1 aliphatic rings. The second-order valence-electron chi connectivity index (χ2n) is 11.7. The summed E-state index contributed by atoms with van der Waals surface area (Å²) in [5.41, 5.74) is 3.11. The van der Waals surface area contributed by atoms with Crippen molar-refractivity contribution in [2.45, 2.75) is 51.2 Å². The molecule has 2 amide bonds. The molecule has 3 aromatic carbocycles. The lowest BCUT2D eigenvalue weighted by Crippen LogP contribution is -2.40. The van der Waals surface area contributed by atoms with Crippen molar-refractivity contribution in [3.05, 3.63) is 96.3 Å². The van der Waals surface area contributed by atoms with Crippen molar-refractivity contribution >= 4 is 22.8 Å². The number of likely N-dealkylation sites (tertiary alicyclic amines) is 1. The summed E-state index contributed by atoms with van der Waals surface area (Å²) in [6, 6.07) is 24.1. The maximum atomic E-state index is 13.5. The third-order valence-corrected chi connectivity index (χ3v) is 7.66. The van der Waals surface area contributed by atoms with Crippen LogP contribution in [-0.2, 0) is 21.5 Å². The zero-order valence-electron chi connectivity index (χ0n) is 24.1. The molecule has 212 valence electrons. The molecule has 7 heteroatoms. The number of nitrogens with one attached hydrogen (secondary N) is 1. The molecule has 1 saturated heterocycles. The van der Waals surface area contributed by atoms with Gasteiger partial charge in [0.15, 0.2) is 0 Å². The maximum absolute atomic E-state index is 13.5. The summed E-state index contributed by atoms with van der Waals surface area (Å²) < 4.78 is 11.1. The third-order valence-electron chi connectivity index (χ3n) is 7.66. The topological polar surface area (TPSA) is 80.8 Å². The molecule has 0 bridgehead atoms. The Morgan fingerprint density at radius 1 is 1.00 bits per heavy atom. The normalized spacial score (nSPS) is 16.9. The zero-order valence-corrected chi connectivity index (χ0v) is 24.1. The van der Waals surface area contributed by atoms with Crippen molar-refractivity contribution in [2.75, 3.05) is 20.2 Å². The summed E-state index contributed by atoms with van der Waals surface area (Å²) >= 11 is 0. The molecule has 0 radical (unpaired) electrons. The van der Waals surface area contributed by atoms with Crippen molar-refractivity contribution in [1.82, 2.24) is 15.2 Å². The number of ether oxygens (including phenoxy) is 2. The lowest BCUT2D eigenvalue weighted by atomic mass is 9.76. The van der Waals surface area contributed by atoms with Gasteiger partial charge < -0.3 is 19.7 Å². The molecule has 1 aromatic heterocycles. The molecule has 1 unspecified atom stereocenters. The number of aromatic nitrogens is 1. The van der Waals surface area contributed by atoms with Crippen LogP contribution in [0, 0.1) is 0 Å². The van der Waals surface area contributed by atoms with E-state index in [2.05, 4.69) is 22.4 Å². The van der Waals surface area contributed by atoms with E-state index < -0.39 is 11.0 Å². The largest absolute Gasteiger partial charge is 0.497 e. The van der Waals surface area contributed by atoms with Crippen LogP contribution in [0.2, 0.25) is 0 Å². The fraction of sp³-hybridized carbons (Fsp3) is 0.324. The van der Waals surface area contributed by atoms with Crippen LogP contribution in [0.1, 0.15) is 44.7 Å². The van der Waals surface area contributed by atoms with Crippen LogP contribution in [0.4, 0.5) is 4.79 Å². The molecule has 1 fully saturated rings. The summed E-state index contributed by atoms with van der Waals surface area (Å²) in [6.45, 7) is 6.94. The second-order valence-corrected chi connectivity index (χ2v) is 11.7. The quantitative estimate of drug-likeness (QED) is 0.284. The van der Waals surface area contributed by atoms with Gasteiger partial charge in [0, 0.05) is 49.2 Å². The third kappa shape index (κ3) is 6.35. The Morgan fingerprint density at radius 3 is 2.56 bits per heavy atom. The van der Waals surface area contributed by atoms with E-state index in [0.717, 1.165) is 38.8 Å². The summed E-state index contributed by atoms with van der Waals surface area (Å²) in [5.74, 6) is 0.736. The molecule has 4 aromatic rings. The summed E-state index contributed by atoms with van der Waals surface area (Å²) in [5, 5.41) is 5.20. The highest BCUT2D eigenvalue weighted by molar-refractivity contribution is 5.98. The molecule has 5 rings (SSSR count). The number of nitrogens with zero attached hydrogens (tertiary/aromatic N) is 2. The first kappa shape index (κ1) is 28.1. The highest BCUT2D eigenvalue weighted by atomic mass is 16.6. The summed E-state index contributed by atoms with van der Waals surface area (Å²) in [7, 11) is 1.66. The van der Waals surface area contributed by atoms with Crippen molar-refractivity contribution in [3.8, 4) is 16.9 Å². The van der Waals surface area contributed by atoms with Crippen LogP contribution in [0.15, 0.2) is 85.2 Å². The molecule has 0 spiro atoms.